The fourth-order valence-electron chi connectivity index (χ4n) is 3.40. The maximum atomic E-state index is 13.3. The number of hydrogen-bond donors (Lipinski definition) is 1. The summed E-state index contributed by atoms with van der Waals surface area (Å²) in [4.78, 5) is 18.1. The van der Waals surface area contributed by atoms with Gasteiger partial charge < -0.3 is 19.6 Å². The predicted molar refractivity (Wildman–Crippen MR) is 121 cm³/mol. The van der Waals surface area contributed by atoms with Crippen molar-refractivity contribution < 1.29 is 14.2 Å². The molecule has 0 aliphatic rings. The average molecular weight is 417 g/mol. The van der Waals surface area contributed by atoms with Gasteiger partial charge in [-0.25, -0.2) is 9.66 Å². The Hall–Kier alpha value is -4.00. The second-order valence-electron chi connectivity index (χ2n) is 6.83. The smallest absolute Gasteiger partial charge is 0.280 e. The molecule has 4 rings (SSSR count). The van der Waals surface area contributed by atoms with E-state index in [9.17, 15) is 4.79 Å². The average Bonchev–Trinajstić information content (AvgIpc) is 2.83. The summed E-state index contributed by atoms with van der Waals surface area (Å²) in [5, 5.41) is 0.532. The zero-order valence-electron chi connectivity index (χ0n) is 17.6. The molecular weight excluding hydrogens is 394 g/mol. The fraction of sp³-hybridized carbons (Fsp3) is 0.167. The molecule has 0 bridgehead atoms. The van der Waals surface area contributed by atoms with Gasteiger partial charge in [0.2, 0.25) is 0 Å². The SMILES string of the molecule is COc1ccc(-c2nc3ccccc3c(=O)n2NCc2cc(OC)ccc2OC)cc1. The molecule has 0 unspecified atom stereocenters. The van der Waals surface area contributed by atoms with Crippen LogP contribution in [-0.4, -0.2) is 31.0 Å². The summed E-state index contributed by atoms with van der Waals surface area (Å²) in [6.07, 6.45) is 0. The molecule has 0 radical (unpaired) electrons. The summed E-state index contributed by atoms with van der Waals surface area (Å²) < 4.78 is 17.5. The normalized spacial score (nSPS) is 10.7. The van der Waals surface area contributed by atoms with Gasteiger partial charge in [-0.15, -0.1) is 0 Å². The Kier molecular flexibility index (Phi) is 5.75. The first-order valence-corrected chi connectivity index (χ1v) is 9.75. The molecule has 0 saturated carbocycles. The highest BCUT2D eigenvalue weighted by molar-refractivity contribution is 5.79. The molecule has 31 heavy (non-hydrogen) atoms. The van der Waals surface area contributed by atoms with E-state index in [1.807, 2.05) is 60.7 Å². The highest BCUT2D eigenvalue weighted by Crippen LogP contribution is 2.25. The number of methoxy groups -OCH3 is 3. The van der Waals surface area contributed by atoms with Gasteiger partial charge in [0.25, 0.3) is 5.56 Å². The topological polar surface area (TPSA) is 74.6 Å². The van der Waals surface area contributed by atoms with Gasteiger partial charge in [-0.3, -0.25) is 4.79 Å². The summed E-state index contributed by atoms with van der Waals surface area (Å²) in [6, 6.07) is 20.3. The lowest BCUT2D eigenvalue weighted by Gasteiger charge is -2.17. The second-order valence-corrected chi connectivity index (χ2v) is 6.83. The highest BCUT2D eigenvalue weighted by atomic mass is 16.5. The standard InChI is InChI=1S/C24H23N3O4/c1-29-18-10-8-16(9-11-18)23-26-21-7-5-4-6-20(21)24(28)27(23)25-15-17-14-19(30-2)12-13-22(17)31-3/h4-14,25H,15H2,1-3H3. The van der Waals surface area contributed by atoms with Crippen LogP contribution in [0.2, 0.25) is 0 Å². The predicted octanol–water partition coefficient (Wildman–Crippen LogP) is 3.83. The van der Waals surface area contributed by atoms with E-state index >= 15 is 0 Å². The van der Waals surface area contributed by atoms with Gasteiger partial charge in [0.05, 0.1) is 38.8 Å². The highest BCUT2D eigenvalue weighted by Gasteiger charge is 2.14. The summed E-state index contributed by atoms with van der Waals surface area (Å²) >= 11 is 0. The van der Waals surface area contributed by atoms with Crippen LogP contribution in [0.1, 0.15) is 5.56 Å². The summed E-state index contributed by atoms with van der Waals surface area (Å²) in [6.45, 7) is 0.337. The van der Waals surface area contributed by atoms with Gasteiger partial charge >= 0.3 is 0 Å². The van der Waals surface area contributed by atoms with Gasteiger partial charge in [-0.2, -0.15) is 0 Å². The molecule has 0 aliphatic carbocycles. The van der Waals surface area contributed by atoms with E-state index in [0.717, 1.165) is 16.9 Å². The third-order valence-electron chi connectivity index (χ3n) is 5.04. The van der Waals surface area contributed by atoms with E-state index in [-0.39, 0.29) is 5.56 Å². The number of nitrogens with one attached hydrogen (secondary N) is 1. The molecule has 0 spiro atoms. The maximum Gasteiger partial charge on any atom is 0.280 e. The largest absolute Gasteiger partial charge is 0.497 e. The van der Waals surface area contributed by atoms with E-state index in [0.29, 0.717) is 34.8 Å². The lowest BCUT2D eigenvalue weighted by atomic mass is 10.1. The van der Waals surface area contributed by atoms with E-state index in [1.54, 1.807) is 27.4 Å². The van der Waals surface area contributed by atoms with Crippen LogP contribution in [0, 0.1) is 0 Å². The van der Waals surface area contributed by atoms with Crippen LogP contribution in [-0.2, 0) is 6.54 Å². The Morgan fingerprint density at radius 2 is 1.58 bits per heavy atom. The van der Waals surface area contributed by atoms with E-state index in [1.165, 1.54) is 4.68 Å². The number of fused-ring (bicyclic) bond motifs is 1. The molecule has 0 amide bonds. The Labute approximate surface area is 179 Å². The lowest BCUT2D eigenvalue weighted by Crippen LogP contribution is -2.31. The third-order valence-corrected chi connectivity index (χ3v) is 5.04. The molecular formula is C24H23N3O4. The molecule has 1 N–H and O–H groups in total. The van der Waals surface area contributed by atoms with Gasteiger partial charge in [0.15, 0.2) is 5.82 Å². The maximum absolute atomic E-state index is 13.3. The number of aromatic nitrogens is 2. The molecule has 3 aromatic carbocycles. The van der Waals surface area contributed by atoms with E-state index < -0.39 is 0 Å². The first-order valence-electron chi connectivity index (χ1n) is 9.75. The first-order chi connectivity index (χ1) is 15.1. The van der Waals surface area contributed by atoms with Crippen LogP contribution < -0.4 is 25.2 Å². The Bertz CT molecular complexity index is 1270. The van der Waals surface area contributed by atoms with Gasteiger partial charge in [-0.1, -0.05) is 12.1 Å². The zero-order chi connectivity index (χ0) is 21.8. The molecule has 1 aromatic heterocycles. The molecule has 4 aromatic rings. The van der Waals surface area contributed by atoms with Gasteiger partial charge in [0, 0.05) is 11.1 Å². The number of para-hydroxylation sites is 1. The van der Waals surface area contributed by atoms with Gasteiger partial charge in [-0.05, 0) is 54.6 Å². The third kappa shape index (κ3) is 4.02. The van der Waals surface area contributed by atoms with Crippen molar-refractivity contribution >= 4 is 10.9 Å². The quantitative estimate of drug-likeness (QED) is 0.493. The molecule has 1 heterocycles. The molecule has 0 fully saturated rings. The molecule has 7 heteroatoms. The van der Waals surface area contributed by atoms with Crippen molar-refractivity contribution in [1.29, 1.82) is 0 Å². The first kappa shape index (κ1) is 20.3. The fourth-order valence-corrected chi connectivity index (χ4v) is 3.40. The number of hydrogen-bond acceptors (Lipinski definition) is 6. The number of nitrogens with zero attached hydrogens (tertiary/aromatic N) is 2. The van der Waals surface area contributed by atoms with Crippen molar-refractivity contribution in [3.05, 3.63) is 82.6 Å². The summed E-state index contributed by atoms with van der Waals surface area (Å²) in [5.41, 5.74) is 5.31. The summed E-state index contributed by atoms with van der Waals surface area (Å²) in [5.74, 6) is 2.64. The van der Waals surface area contributed by atoms with Crippen molar-refractivity contribution in [1.82, 2.24) is 9.66 Å². The Morgan fingerprint density at radius 1 is 0.871 bits per heavy atom. The van der Waals surface area contributed by atoms with Crippen LogP contribution in [0.4, 0.5) is 0 Å². The van der Waals surface area contributed by atoms with Crippen LogP contribution in [0.15, 0.2) is 71.5 Å². The van der Waals surface area contributed by atoms with E-state index in [4.69, 9.17) is 19.2 Å². The van der Waals surface area contributed by atoms with Gasteiger partial charge in [0.1, 0.15) is 17.2 Å². The monoisotopic (exact) mass is 417 g/mol. The van der Waals surface area contributed by atoms with Crippen molar-refractivity contribution in [2.45, 2.75) is 6.54 Å². The van der Waals surface area contributed by atoms with Crippen molar-refractivity contribution in [3.8, 4) is 28.6 Å². The zero-order valence-corrected chi connectivity index (χ0v) is 17.6. The lowest BCUT2D eigenvalue weighted by molar-refractivity contribution is 0.399. The summed E-state index contributed by atoms with van der Waals surface area (Å²) in [7, 11) is 4.83. The number of benzene rings is 3. The molecule has 0 saturated heterocycles. The van der Waals surface area contributed by atoms with E-state index in [2.05, 4.69) is 5.43 Å². The molecule has 158 valence electrons. The minimum absolute atomic E-state index is 0.182. The Balaban J connectivity index is 1.80. The molecule has 0 atom stereocenters. The van der Waals surface area contributed by atoms with Crippen molar-refractivity contribution in [2.75, 3.05) is 26.8 Å². The second kappa shape index (κ2) is 8.79. The van der Waals surface area contributed by atoms with Crippen LogP contribution in [0.3, 0.4) is 0 Å². The van der Waals surface area contributed by atoms with Crippen LogP contribution in [0.25, 0.3) is 22.3 Å². The minimum atomic E-state index is -0.182. The van der Waals surface area contributed by atoms with Crippen LogP contribution >= 0.6 is 0 Å². The van der Waals surface area contributed by atoms with Crippen molar-refractivity contribution in [3.63, 3.8) is 0 Å². The molecule has 0 aliphatic heterocycles. The van der Waals surface area contributed by atoms with Crippen LogP contribution in [0.5, 0.6) is 17.2 Å². The van der Waals surface area contributed by atoms with Crippen molar-refractivity contribution in [2.24, 2.45) is 0 Å². The Morgan fingerprint density at radius 3 is 2.29 bits per heavy atom. The number of rotatable bonds is 7. The number of ether oxygens (including phenoxy) is 3. The minimum Gasteiger partial charge on any atom is -0.497 e. The molecule has 7 nitrogen and oxygen atoms in total.